The number of rotatable bonds is 7. The van der Waals surface area contributed by atoms with Crippen LogP contribution in [0.4, 0.5) is 0 Å². The van der Waals surface area contributed by atoms with Gasteiger partial charge in [0, 0.05) is 13.5 Å². The number of hydrogen-bond donors (Lipinski definition) is 0. The summed E-state index contributed by atoms with van der Waals surface area (Å²) in [6.07, 6.45) is 2.87. The van der Waals surface area contributed by atoms with Crippen LogP contribution < -0.4 is 0 Å². The molecule has 0 heterocycles. The molecule has 0 N–H and O–H groups in total. The summed E-state index contributed by atoms with van der Waals surface area (Å²) >= 11 is 0. The van der Waals surface area contributed by atoms with Gasteiger partial charge in [0.05, 0.1) is 6.61 Å². The fourth-order valence-electron chi connectivity index (χ4n) is 1.53. The number of hydrogen-bond acceptors (Lipinski definition) is 2. The molecule has 0 aliphatic carbocycles. The number of hydroxylamine groups is 2. The van der Waals surface area contributed by atoms with E-state index in [-0.39, 0.29) is 5.91 Å². The van der Waals surface area contributed by atoms with Crippen molar-refractivity contribution in [2.75, 3.05) is 13.2 Å². The van der Waals surface area contributed by atoms with Gasteiger partial charge in [-0.15, -0.1) is 0 Å². The van der Waals surface area contributed by atoms with Gasteiger partial charge in [-0.3, -0.25) is 9.63 Å². The molecule has 1 aromatic carbocycles. The third-order valence-electron chi connectivity index (χ3n) is 2.55. The highest BCUT2D eigenvalue weighted by molar-refractivity contribution is 5.71. The number of carbonyl (C=O) groups excluding carboxylic acids is 1. The first-order chi connectivity index (χ1) is 8.24. The minimum atomic E-state index is -0.0217. The Labute approximate surface area is 103 Å². The van der Waals surface area contributed by atoms with Gasteiger partial charge in [0.15, 0.2) is 0 Å². The van der Waals surface area contributed by atoms with Crippen molar-refractivity contribution in [1.29, 1.82) is 0 Å². The number of benzene rings is 1. The summed E-state index contributed by atoms with van der Waals surface area (Å²) < 4.78 is 0. The van der Waals surface area contributed by atoms with Crippen LogP contribution in [-0.4, -0.2) is 24.1 Å². The third-order valence-corrected chi connectivity index (χ3v) is 2.55. The Morgan fingerprint density at radius 2 is 2.00 bits per heavy atom. The second-order valence-electron chi connectivity index (χ2n) is 4.04. The SMILES string of the molecule is CCCCN(OCCc1ccccc1)C(C)=O. The molecule has 3 heteroatoms. The highest BCUT2D eigenvalue weighted by Crippen LogP contribution is 2.02. The summed E-state index contributed by atoms with van der Waals surface area (Å²) in [5, 5.41) is 1.46. The lowest BCUT2D eigenvalue weighted by Gasteiger charge is -2.19. The van der Waals surface area contributed by atoms with Gasteiger partial charge < -0.3 is 0 Å². The molecule has 0 aliphatic heterocycles. The van der Waals surface area contributed by atoms with Gasteiger partial charge in [-0.1, -0.05) is 43.7 Å². The van der Waals surface area contributed by atoms with Crippen LogP contribution >= 0.6 is 0 Å². The molecule has 1 amide bonds. The topological polar surface area (TPSA) is 29.5 Å². The molecule has 3 nitrogen and oxygen atoms in total. The summed E-state index contributed by atoms with van der Waals surface area (Å²) in [7, 11) is 0. The zero-order chi connectivity index (χ0) is 12.5. The van der Waals surface area contributed by atoms with Crippen LogP contribution in [0.15, 0.2) is 30.3 Å². The second kappa shape index (κ2) is 7.85. The Morgan fingerprint density at radius 1 is 1.29 bits per heavy atom. The Hall–Kier alpha value is -1.35. The average Bonchev–Trinajstić information content (AvgIpc) is 2.34. The van der Waals surface area contributed by atoms with E-state index in [4.69, 9.17) is 4.84 Å². The maximum atomic E-state index is 11.3. The van der Waals surface area contributed by atoms with Crippen LogP contribution in [0.25, 0.3) is 0 Å². The van der Waals surface area contributed by atoms with Crippen molar-refractivity contribution in [3.05, 3.63) is 35.9 Å². The van der Waals surface area contributed by atoms with Crippen LogP contribution in [0.3, 0.4) is 0 Å². The predicted molar refractivity (Wildman–Crippen MR) is 68.4 cm³/mol. The van der Waals surface area contributed by atoms with Crippen molar-refractivity contribution in [2.24, 2.45) is 0 Å². The molecule has 0 aliphatic rings. The fourth-order valence-corrected chi connectivity index (χ4v) is 1.53. The zero-order valence-electron chi connectivity index (χ0n) is 10.7. The highest BCUT2D eigenvalue weighted by Gasteiger charge is 2.08. The fraction of sp³-hybridized carbons (Fsp3) is 0.500. The Balaban J connectivity index is 2.29. The lowest BCUT2D eigenvalue weighted by Crippen LogP contribution is -2.30. The molecule has 1 aromatic rings. The number of carbonyl (C=O) groups is 1. The summed E-state index contributed by atoms with van der Waals surface area (Å²) in [5.74, 6) is -0.0217. The average molecular weight is 235 g/mol. The largest absolute Gasteiger partial charge is 0.273 e. The van der Waals surface area contributed by atoms with E-state index < -0.39 is 0 Å². The summed E-state index contributed by atoms with van der Waals surface area (Å²) in [6.45, 7) is 4.87. The van der Waals surface area contributed by atoms with E-state index in [2.05, 4.69) is 19.1 Å². The van der Waals surface area contributed by atoms with Gasteiger partial charge in [0.2, 0.25) is 5.91 Å². The van der Waals surface area contributed by atoms with Gasteiger partial charge in [-0.05, 0) is 18.4 Å². The van der Waals surface area contributed by atoms with E-state index in [9.17, 15) is 4.79 Å². The molecule has 0 bridgehead atoms. The van der Waals surface area contributed by atoms with E-state index in [0.29, 0.717) is 13.2 Å². The molecule has 0 radical (unpaired) electrons. The quantitative estimate of drug-likeness (QED) is 0.680. The van der Waals surface area contributed by atoms with Crippen molar-refractivity contribution in [1.82, 2.24) is 5.06 Å². The van der Waals surface area contributed by atoms with Crippen LogP contribution in [0.1, 0.15) is 32.3 Å². The highest BCUT2D eigenvalue weighted by atomic mass is 16.7. The molecule has 1 rings (SSSR count). The van der Waals surface area contributed by atoms with Crippen molar-refractivity contribution in [3.63, 3.8) is 0 Å². The summed E-state index contributed by atoms with van der Waals surface area (Å²) in [6, 6.07) is 10.1. The zero-order valence-corrected chi connectivity index (χ0v) is 10.7. The molecule has 0 spiro atoms. The number of unbranched alkanes of at least 4 members (excludes halogenated alkanes) is 1. The van der Waals surface area contributed by atoms with E-state index in [1.54, 1.807) is 0 Å². The molecule has 0 saturated heterocycles. The first-order valence-corrected chi connectivity index (χ1v) is 6.19. The minimum absolute atomic E-state index is 0.0217. The smallest absolute Gasteiger partial charge is 0.242 e. The van der Waals surface area contributed by atoms with E-state index in [1.165, 1.54) is 17.6 Å². The number of nitrogens with zero attached hydrogens (tertiary/aromatic N) is 1. The van der Waals surface area contributed by atoms with Gasteiger partial charge >= 0.3 is 0 Å². The van der Waals surface area contributed by atoms with Crippen LogP contribution in [0, 0.1) is 0 Å². The van der Waals surface area contributed by atoms with Crippen molar-refractivity contribution in [2.45, 2.75) is 33.1 Å². The van der Waals surface area contributed by atoms with Gasteiger partial charge in [0.1, 0.15) is 0 Å². The van der Waals surface area contributed by atoms with Gasteiger partial charge in [0.25, 0.3) is 0 Å². The maximum absolute atomic E-state index is 11.3. The van der Waals surface area contributed by atoms with Crippen molar-refractivity contribution in [3.8, 4) is 0 Å². The summed E-state index contributed by atoms with van der Waals surface area (Å²) in [4.78, 5) is 16.8. The molecular formula is C14H21NO2. The third kappa shape index (κ3) is 5.50. The normalized spacial score (nSPS) is 10.2. The second-order valence-corrected chi connectivity index (χ2v) is 4.04. The lowest BCUT2D eigenvalue weighted by atomic mass is 10.2. The molecule has 0 fully saturated rings. The van der Waals surface area contributed by atoms with Gasteiger partial charge in [-0.2, -0.15) is 0 Å². The monoisotopic (exact) mass is 235 g/mol. The standard InChI is InChI=1S/C14H21NO2/c1-3-4-11-15(13(2)16)17-12-10-14-8-6-5-7-9-14/h5-9H,3-4,10-12H2,1-2H3. The maximum Gasteiger partial charge on any atom is 0.242 e. The first kappa shape index (κ1) is 13.7. The predicted octanol–water partition coefficient (Wildman–Crippen LogP) is 2.81. The molecule has 94 valence electrons. The Kier molecular flexibility index (Phi) is 6.33. The Morgan fingerprint density at radius 3 is 2.59 bits per heavy atom. The van der Waals surface area contributed by atoms with Crippen molar-refractivity contribution < 1.29 is 9.63 Å². The minimum Gasteiger partial charge on any atom is -0.273 e. The number of amides is 1. The first-order valence-electron chi connectivity index (χ1n) is 6.19. The van der Waals surface area contributed by atoms with Crippen LogP contribution in [0.5, 0.6) is 0 Å². The van der Waals surface area contributed by atoms with E-state index in [1.807, 2.05) is 18.2 Å². The molecule has 17 heavy (non-hydrogen) atoms. The lowest BCUT2D eigenvalue weighted by molar-refractivity contribution is -0.184. The van der Waals surface area contributed by atoms with Crippen molar-refractivity contribution >= 4 is 5.91 Å². The van der Waals surface area contributed by atoms with E-state index in [0.717, 1.165) is 19.3 Å². The molecular weight excluding hydrogens is 214 g/mol. The van der Waals surface area contributed by atoms with E-state index >= 15 is 0 Å². The van der Waals surface area contributed by atoms with Crippen LogP contribution in [-0.2, 0) is 16.1 Å². The molecule has 0 atom stereocenters. The van der Waals surface area contributed by atoms with Crippen LogP contribution in [0.2, 0.25) is 0 Å². The molecule has 0 unspecified atom stereocenters. The van der Waals surface area contributed by atoms with Gasteiger partial charge in [-0.25, -0.2) is 5.06 Å². The Bertz CT molecular complexity index is 324. The molecule has 0 aromatic heterocycles. The molecule has 0 saturated carbocycles. The summed E-state index contributed by atoms with van der Waals surface area (Å²) in [5.41, 5.74) is 1.23.